The van der Waals surface area contributed by atoms with E-state index in [1.54, 1.807) is 22.7 Å². The zero-order chi connectivity index (χ0) is 20.3. The molecular formula is C22H21N5OS2. The van der Waals surface area contributed by atoms with Crippen LogP contribution < -0.4 is 5.32 Å². The van der Waals surface area contributed by atoms with E-state index in [9.17, 15) is 4.79 Å². The van der Waals surface area contributed by atoms with Crippen molar-refractivity contribution in [2.24, 2.45) is 0 Å². The van der Waals surface area contributed by atoms with Crippen molar-refractivity contribution in [3.05, 3.63) is 58.7 Å². The van der Waals surface area contributed by atoms with Crippen LogP contribution in [0.2, 0.25) is 0 Å². The Bertz CT molecular complexity index is 1140. The Labute approximate surface area is 182 Å². The molecule has 1 aliphatic rings. The quantitative estimate of drug-likeness (QED) is 0.477. The average Bonchev–Trinajstić information content (AvgIpc) is 3.48. The topological polar surface area (TPSA) is 72.7 Å². The van der Waals surface area contributed by atoms with E-state index in [2.05, 4.69) is 25.1 Å². The number of amides is 1. The number of fused-ring (bicyclic) bond motifs is 1. The molecule has 152 valence electrons. The molecule has 0 radical (unpaired) electrons. The highest BCUT2D eigenvalue weighted by Gasteiger charge is 2.16. The molecule has 0 spiro atoms. The predicted octanol–water partition coefficient (Wildman–Crippen LogP) is 5.04. The lowest BCUT2D eigenvalue weighted by Crippen LogP contribution is -2.14. The summed E-state index contributed by atoms with van der Waals surface area (Å²) < 4.78 is 2.23. The molecule has 4 heterocycles. The lowest BCUT2D eigenvalue weighted by molar-refractivity contribution is -0.115. The highest BCUT2D eigenvalue weighted by molar-refractivity contribution is 7.20. The van der Waals surface area contributed by atoms with E-state index in [1.807, 2.05) is 47.2 Å². The highest BCUT2D eigenvalue weighted by atomic mass is 32.1. The Morgan fingerprint density at radius 2 is 1.97 bits per heavy atom. The summed E-state index contributed by atoms with van der Waals surface area (Å²) in [4.78, 5) is 18.2. The van der Waals surface area contributed by atoms with Crippen LogP contribution in [0.5, 0.6) is 0 Å². The van der Waals surface area contributed by atoms with Crippen LogP contribution in [0.1, 0.15) is 30.8 Å². The maximum atomic E-state index is 12.5. The summed E-state index contributed by atoms with van der Waals surface area (Å²) in [6.45, 7) is 0.969. The zero-order valence-corrected chi connectivity index (χ0v) is 18.0. The molecule has 0 bridgehead atoms. The van der Waals surface area contributed by atoms with Crippen molar-refractivity contribution in [1.82, 2.24) is 19.7 Å². The second-order valence-electron chi connectivity index (χ2n) is 7.33. The molecule has 0 fully saturated rings. The van der Waals surface area contributed by atoms with Gasteiger partial charge in [-0.15, -0.1) is 32.9 Å². The van der Waals surface area contributed by atoms with Crippen LogP contribution in [0.4, 0.5) is 5.69 Å². The van der Waals surface area contributed by atoms with E-state index < -0.39 is 0 Å². The minimum Gasteiger partial charge on any atom is -0.326 e. The molecule has 0 saturated heterocycles. The van der Waals surface area contributed by atoms with Gasteiger partial charge < -0.3 is 9.88 Å². The van der Waals surface area contributed by atoms with Crippen molar-refractivity contribution < 1.29 is 4.79 Å². The molecule has 1 aromatic carbocycles. The van der Waals surface area contributed by atoms with Gasteiger partial charge in [-0.1, -0.05) is 12.5 Å². The Kier molecular flexibility index (Phi) is 5.42. The summed E-state index contributed by atoms with van der Waals surface area (Å²) in [5, 5.41) is 16.7. The first-order chi connectivity index (χ1) is 14.8. The van der Waals surface area contributed by atoms with Crippen molar-refractivity contribution in [1.29, 1.82) is 0 Å². The first-order valence-electron chi connectivity index (χ1n) is 10.1. The molecule has 4 aromatic rings. The monoisotopic (exact) mass is 435 g/mol. The molecular weight excluding hydrogens is 414 g/mol. The number of nitrogens with zero attached hydrogens (tertiary/aromatic N) is 4. The van der Waals surface area contributed by atoms with Gasteiger partial charge in [-0.25, -0.2) is 4.98 Å². The maximum Gasteiger partial charge on any atom is 0.230 e. The molecule has 0 atom stereocenters. The van der Waals surface area contributed by atoms with Crippen LogP contribution >= 0.6 is 22.7 Å². The minimum atomic E-state index is -0.0675. The molecule has 30 heavy (non-hydrogen) atoms. The molecule has 0 aliphatic carbocycles. The van der Waals surface area contributed by atoms with Crippen molar-refractivity contribution in [3.63, 3.8) is 0 Å². The van der Waals surface area contributed by atoms with Crippen LogP contribution in [0.3, 0.4) is 0 Å². The number of aryl methyl sites for hydroxylation is 1. The van der Waals surface area contributed by atoms with Crippen LogP contribution in [-0.4, -0.2) is 25.7 Å². The van der Waals surface area contributed by atoms with Crippen molar-refractivity contribution in [3.8, 4) is 21.3 Å². The number of carbonyl (C=O) groups excluding carboxylic acids is 1. The second-order valence-corrected chi connectivity index (χ2v) is 9.13. The Morgan fingerprint density at radius 1 is 1.07 bits per heavy atom. The Balaban J connectivity index is 1.24. The van der Waals surface area contributed by atoms with Gasteiger partial charge in [0.05, 0.1) is 17.0 Å². The van der Waals surface area contributed by atoms with E-state index in [1.165, 1.54) is 12.8 Å². The molecule has 1 aliphatic heterocycles. The Morgan fingerprint density at radius 3 is 2.80 bits per heavy atom. The fourth-order valence-electron chi connectivity index (χ4n) is 3.67. The van der Waals surface area contributed by atoms with Gasteiger partial charge in [-0.05, 0) is 48.6 Å². The van der Waals surface area contributed by atoms with Crippen molar-refractivity contribution in [2.45, 2.75) is 38.6 Å². The van der Waals surface area contributed by atoms with Gasteiger partial charge in [-0.3, -0.25) is 4.79 Å². The third kappa shape index (κ3) is 4.06. The van der Waals surface area contributed by atoms with Gasteiger partial charge in [-0.2, -0.15) is 0 Å². The van der Waals surface area contributed by atoms with E-state index in [0.717, 1.165) is 57.9 Å². The van der Waals surface area contributed by atoms with Crippen molar-refractivity contribution in [2.75, 3.05) is 5.32 Å². The molecule has 0 unspecified atom stereocenters. The summed E-state index contributed by atoms with van der Waals surface area (Å²) in [6.07, 6.45) is 4.84. The van der Waals surface area contributed by atoms with E-state index in [-0.39, 0.29) is 12.3 Å². The molecule has 1 N–H and O–H groups in total. The van der Waals surface area contributed by atoms with Crippen LogP contribution in [0.15, 0.2) is 47.2 Å². The molecule has 0 saturated carbocycles. The first-order valence-corrected chi connectivity index (χ1v) is 11.8. The lowest BCUT2D eigenvalue weighted by Gasteiger charge is -2.08. The van der Waals surface area contributed by atoms with Crippen LogP contribution in [-0.2, 0) is 24.2 Å². The van der Waals surface area contributed by atoms with Gasteiger partial charge in [0.2, 0.25) is 5.91 Å². The second kappa shape index (κ2) is 8.49. The number of rotatable bonds is 5. The number of thiazole rings is 1. The number of aromatic nitrogens is 4. The fourth-order valence-corrected chi connectivity index (χ4v) is 5.31. The average molecular weight is 436 g/mol. The van der Waals surface area contributed by atoms with Crippen molar-refractivity contribution >= 4 is 34.3 Å². The number of carbonyl (C=O) groups is 1. The van der Waals surface area contributed by atoms with Gasteiger partial charge in [0.1, 0.15) is 10.8 Å². The number of benzene rings is 1. The highest BCUT2D eigenvalue weighted by Crippen LogP contribution is 2.28. The Hall–Kier alpha value is -2.84. The lowest BCUT2D eigenvalue weighted by atomic mass is 10.2. The van der Waals surface area contributed by atoms with Gasteiger partial charge in [0.25, 0.3) is 0 Å². The molecule has 3 aromatic heterocycles. The summed E-state index contributed by atoms with van der Waals surface area (Å²) in [7, 11) is 0. The number of nitrogens with one attached hydrogen (secondary N) is 1. The van der Waals surface area contributed by atoms with E-state index in [4.69, 9.17) is 0 Å². The number of thiophene rings is 1. The first kappa shape index (κ1) is 19.1. The van der Waals surface area contributed by atoms with Gasteiger partial charge >= 0.3 is 0 Å². The van der Waals surface area contributed by atoms with E-state index >= 15 is 0 Å². The zero-order valence-electron chi connectivity index (χ0n) is 16.4. The third-order valence-corrected chi connectivity index (χ3v) is 7.09. The summed E-state index contributed by atoms with van der Waals surface area (Å²) >= 11 is 3.23. The number of hydrogen-bond donors (Lipinski definition) is 1. The van der Waals surface area contributed by atoms with Crippen LogP contribution in [0.25, 0.3) is 21.3 Å². The number of hydrogen-bond acceptors (Lipinski definition) is 6. The van der Waals surface area contributed by atoms with Gasteiger partial charge in [0.15, 0.2) is 5.82 Å². The normalized spacial score (nSPS) is 13.6. The van der Waals surface area contributed by atoms with E-state index in [0.29, 0.717) is 0 Å². The van der Waals surface area contributed by atoms with Gasteiger partial charge in [0, 0.05) is 29.6 Å². The van der Waals surface area contributed by atoms with Crippen LogP contribution in [0, 0.1) is 0 Å². The smallest absolute Gasteiger partial charge is 0.230 e. The summed E-state index contributed by atoms with van der Waals surface area (Å²) in [5.41, 5.74) is 2.59. The standard InChI is InChI=1S/C22H21N5OS2/c28-20(13-17-14-30-22(24-17)18-5-4-12-29-18)23-16-9-7-15(8-10-16)21-26-25-19-6-2-1-3-11-27(19)21/h4-5,7-10,12,14H,1-3,6,11,13H2,(H,23,28). The molecule has 5 rings (SSSR count). The minimum absolute atomic E-state index is 0.0675. The summed E-state index contributed by atoms with van der Waals surface area (Å²) in [6, 6.07) is 11.9. The number of anilines is 1. The molecule has 6 nitrogen and oxygen atoms in total. The SMILES string of the molecule is O=C(Cc1csc(-c2cccs2)n1)Nc1ccc(-c2nnc3n2CCCCC3)cc1. The fraction of sp³-hybridized carbons (Fsp3) is 0.273. The largest absolute Gasteiger partial charge is 0.326 e. The molecule has 1 amide bonds. The predicted molar refractivity (Wildman–Crippen MR) is 121 cm³/mol. The molecule has 8 heteroatoms. The third-order valence-electron chi connectivity index (χ3n) is 5.16. The maximum absolute atomic E-state index is 12.5. The summed E-state index contributed by atoms with van der Waals surface area (Å²) in [5.74, 6) is 1.92.